The molecule has 3 rings (SSSR count). The molecule has 2 amide bonds. The molecule has 0 unspecified atom stereocenters. The number of hydrogen-bond donors (Lipinski definition) is 1. The molecule has 26 heavy (non-hydrogen) atoms. The number of nitrogens with one attached hydrogen (secondary N) is 1. The van der Waals surface area contributed by atoms with Crippen LogP contribution < -0.4 is 10.3 Å². The van der Waals surface area contributed by atoms with Crippen LogP contribution in [0.4, 0.5) is 20.2 Å². The average molecular weight is 378 g/mol. The molecule has 134 valence electrons. The molecule has 5 nitrogen and oxygen atoms in total. The Morgan fingerprint density at radius 1 is 1.19 bits per heavy atom. The van der Waals surface area contributed by atoms with Gasteiger partial charge in [-0.15, -0.1) is 0 Å². The maximum Gasteiger partial charge on any atom is 0.271 e. The van der Waals surface area contributed by atoms with Gasteiger partial charge in [-0.2, -0.15) is 5.10 Å². The normalized spacial score (nSPS) is 14.2. The summed E-state index contributed by atoms with van der Waals surface area (Å²) in [7, 11) is 0. The molecule has 0 fully saturated rings. The Kier molecular flexibility index (Phi) is 4.99. The van der Waals surface area contributed by atoms with Crippen LogP contribution in [0.3, 0.4) is 0 Å². The van der Waals surface area contributed by atoms with Crippen molar-refractivity contribution >= 4 is 40.5 Å². The third-order valence-corrected chi connectivity index (χ3v) is 4.28. The van der Waals surface area contributed by atoms with Crippen molar-refractivity contribution in [3.8, 4) is 0 Å². The van der Waals surface area contributed by atoms with E-state index in [1.54, 1.807) is 18.2 Å². The van der Waals surface area contributed by atoms with Gasteiger partial charge in [0, 0.05) is 23.9 Å². The summed E-state index contributed by atoms with van der Waals surface area (Å²) in [6.07, 6.45) is 0.188. The van der Waals surface area contributed by atoms with Gasteiger partial charge in [0.1, 0.15) is 17.3 Å². The summed E-state index contributed by atoms with van der Waals surface area (Å²) < 4.78 is 26.6. The standard InChI is InChI=1S/C18H14ClF2N3O2/c1-10-2-4-12(9-13(10)19)24-17(25)7-6-16(23-24)18(26)22-15-5-3-11(20)8-14(15)21/h2-5,8-9H,6-7H2,1H3,(H,22,26). The lowest BCUT2D eigenvalue weighted by Crippen LogP contribution is -2.36. The number of anilines is 2. The summed E-state index contributed by atoms with van der Waals surface area (Å²) in [5.41, 5.74) is 1.17. The summed E-state index contributed by atoms with van der Waals surface area (Å²) in [5.74, 6) is -2.59. The average Bonchev–Trinajstić information content (AvgIpc) is 2.60. The van der Waals surface area contributed by atoms with Gasteiger partial charge < -0.3 is 5.32 Å². The highest BCUT2D eigenvalue weighted by atomic mass is 35.5. The molecule has 1 N–H and O–H groups in total. The third kappa shape index (κ3) is 3.72. The summed E-state index contributed by atoms with van der Waals surface area (Å²) in [4.78, 5) is 24.5. The number of halogens is 3. The van der Waals surface area contributed by atoms with Crippen molar-refractivity contribution in [1.29, 1.82) is 0 Å². The summed E-state index contributed by atoms with van der Waals surface area (Å²) in [6.45, 7) is 1.82. The lowest BCUT2D eigenvalue weighted by molar-refractivity contribution is -0.118. The van der Waals surface area contributed by atoms with Crippen LogP contribution in [0.1, 0.15) is 18.4 Å². The van der Waals surface area contributed by atoms with Crippen molar-refractivity contribution in [3.63, 3.8) is 0 Å². The van der Waals surface area contributed by atoms with Crippen LogP contribution in [0, 0.1) is 18.6 Å². The minimum atomic E-state index is -0.895. The van der Waals surface area contributed by atoms with Crippen molar-refractivity contribution < 1.29 is 18.4 Å². The van der Waals surface area contributed by atoms with E-state index in [-0.39, 0.29) is 30.1 Å². The van der Waals surface area contributed by atoms with E-state index in [0.717, 1.165) is 22.7 Å². The van der Waals surface area contributed by atoms with Crippen LogP contribution in [0.5, 0.6) is 0 Å². The number of rotatable bonds is 3. The molecule has 0 aliphatic carbocycles. The first-order chi connectivity index (χ1) is 12.3. The Hall–Kier alpha value is -2.80. The van der Waals surface area contributed by atoms with Gasteiger partial charge in [-0.05, 0) is 36.8 Å². The molecule has 1 heterocycles. The smallest absolute Gasteiger partial charge is 0.271 e. The number of nitrogens with zero attached hydrogens (tertiary/aromatic N) is 2. The molecular formula is C18H14ClF2N3O2. The van der Waals surface area contributed by atoms with Gasteiger partial charge in [0.15, 0.2) is 0 Å². The highest BCUT2D eigenvalue weighted by Crippen LogP contribution is 2.26. The first kappa shape index (κ1) is 18.0. The number of hydrogen-bond acceptors (Lipinski definition) is 3. The van der Waals surface area contributed by atoms with E-state index in [1.165, 1.54) is 0 Å². The van der Waals surface area contributed by atoms with Gasteiger partial charge in [0.05, 0.1) is 11.4 Å². The highest BCUT2D eigenvalue weighted by molar-refractivity contribution is 6.44. The Morgan fingerprint density at radius 2 is 1.96 bits per heavy atom. The fraction of sp³-hybridized carbons (Fsp3) is 0.167. The van der Waals surface area contributed by atoms with Crippen LogP contribution >= 0.6 is 11.6 Å². The largest absolute Gasteiger partial charge is 0.318 e. The fourth-order valence-corrected chi connectivity index (χ4v) is 2.59. The molecule has 0 aromatic heterocycles. The van der Waals surface area contributed by atoms with Crippen LogP contribution in [-0.2, 0) is 9.59 Å². The minimum absolute atomic E-state index is 0.0602. The van der Waals surface area contributed by atoms with Gasteiger partial charge >= 0.3 is 0 Å². The number of hydrazone groups is 1. The van der Waals surface area contributed by atoms with Crippen LogP contribution in [-0.4, -0.2) is 17.5 Å². The van der Waals surface area contributed by atoms with Crippen molar-refractivity contribution in [2.24, 2.45) is 5.10 Å². The van der Waals surface area contributed by atoms with E-state index in [1.807, 2.05) is 6.92 Å². The lowest BCUT2D eigenvalue weighted by atomic mass is 10.1. The highest BCUT2D eigenvalue weighted by Gasteiger charge is 2.26. The molecule has 2 aromatic rings. The summed E-state index contributed by atoms with van der Waals surface area (Å²) in [6, 6.07) is 7.81. The lowest BCUT2D eigenvalue weighted by Gasteiger charge is -2.23. The zero-order valence-electron chi connectivity index (χ0n) is 13.7. The molecule has 0 saturated carbocycles. The topological polar surface area (TPSA) is 61.8 Å². The first-order valence-corrected chi connectivity index (χ1v) is 8.16. The first-order valence-electron chi connectivity index (χ1n) is 7.78. The maximum absolute atomic E-state index is 13.7. The number of aryl methyl sites for hydroxylation is 1. The monoisotopic (exact) mass is 377 g/mol. The molecule has 8 heteroatoms. The van der Waals surface area contributed by atoms with Gasteiger partial charge in [-0.1, -0.05) is 17.7 Å². The van der Waals surface area contributed by atoms with Crippen molar-refractivity contribution in [1.82, 2.24) is 0 Å². The van der Waals surface area contributed by atoms with Crippen LogP contribution in [0.25, 0.3) is 0 Å². The molecule has 0 radical (unpaired) electrons. The van der Waals surface area contributed by atoms with Gasteiger partial charge in [-0.25, -0.2) is 13.8 Å². The zero-order chi connectivity index (χ0) is 18.8. The van der Waals surface area contributed by atoms with Crippen LogP contribution in [0.2, 0.25) is 5.02 Å². The SMILES string of the molecule is Cc1ccc(N2N=C(C(=O)Nc3ccc(F)cc3F)CCC2=O)cc1Cl. The van der Waals surface area contributed by atoms with E-state index in [4.69, 9.17) is 11.6 Å². The third-order valence-electron chi connectivity index (χ3n) is 3.87. The molecule has 0 spiro atoms. The summed E-state index contributed by atoms with van der Waals surface area (Å²) >= 11 is 6.08. The predicted octanol–water partition coefficient (Wildman–Crippen LogP) is 4.05. The van der Waals surface area contributed by atoms with Gasteiger partial charge in [-0.3, -0.25) is 9.59 Å². The molecule has 1 aliphatic rings. The van der Waals surface area contributed by atoms with Crippen molar-refractivity contribution in [2.75, 3.05) is 10.3 Å². The van der Waals surface area contributed by atoms with Crippen LogP contribution in [0.15, 0.2) is 41.5 Å². The molecule has 0 saturated heterocycles. The minimum Gasteiger partial charge on any atom is -0.318 e. The van der Waals surface area contributed by atoms with E-state index in [2.05, 4.69) is 10.4 Å². The van der Waals surface area contributed by atoms with E-state index in [0.29, 0.717) is 16.8 Å². The van der Waals surface area contributed by atoms with E-state index >= 15 is 0 Å². The van der Waals surface area contributed by atoms with Gasteiger partial charge in [0.25, 0.3) is 5.91 Å². The van der Waals surface area contributed by atoms with E-state index in [9.17, 15) is 18.4 Å². The zero-order valence-corrected chi connectivity index (χ0v) is 14.5. The Labute approximate surface area is 153 Å². The fourth-order valence-electron chi connectivity index (χ4n) is 2.42. The molecule has 0 bridgehead atoms. The molecule has 2 aromatic carbocycles. The molecule has 1 aliphatic heterocycles. The predicted molar refractivity (Wildman–Crippen MR) is 95.3 cm³/mol. The second kappa shape index (κ2) is 7.21. The van der Waals surface area contributed by atoms with Gasteiger partial charge in [0.2, 0.25) is 5.91 Å². The molecular weight excluding hydrogens is 364 g/mol. The Morgan fingerprint density at radius 3 is 2.65 bits per heavy atom. The number of carbonyl (C=O) groups excluding carboxylic acids is 2. The number of amides is 2. The molecule has 0 atom stereocenters. The number of carbonyl (C=O) groups is 2. The Bertz CT molecular complexity index is 931. The maximum atomic E-state index is 13.7. The second-order valence-corrected chi connectivity index (χ2v) is 6.17. The van der Waals surface area contributed by atoms with Crippen molar-refractivity contribution in [3.05, 3.63) is 58.6 Å². The number of benzene rings is 2. The van der Waals surface area contributed by atoms with Crippen molar-refractivity contribution in [2.45, 2.75) is 19.8 Å². The Balaban J connectivity index is 1.85. The van der Waals surface area contributed by atoms with E-state index < -0.39 is 17.5 Å². The summed E-state index contributed by atoms with van der Waals surface area (Å²) in [5, 5.41) is 7.99. The second-order valence-electron chi connectivity index (χ2n) is 5.76. The quantitative estimate of drug-likeness (QED) is 0.877.